The molecular weight excluding hydrogens is 252 g/mol. The first kappa shape index (κ1) is 15.4. The molecule has 0 aromatic carbocycles. The van der Waals surface area contributed by atoms with Gasteiger partial charge in [0.05, 0.1) is 0 Å². The average molecular weight is 280 g/mol. The van der Waals surface area contributed by atoms with Crippen molar-refractivity contribution in [3.8, 4) is 0 Å². The SMILES string of the molecule is CCn1ccnc1CC(NN)C1CN(C)CCCN1C. The van der Waals surface area contributed by atoms with Gasteiger partial charge in [0.15, 0.2) is 0 Å². The highest BCUT2D eigenvalue weighted by molar-refractivity contribution is 4.99. The van der Waals surface area contributed by atoms with Gasteiger partial charge in [-0.2, -0.15) is 0 Å². The zero-order valence-corrected chi connectivity index (χ0v) is 12.9. The number of rotatable bonds is 5. The molecule has 6 heteroatoms. The van der Waals surface area contributed by atoms with Crippen molar-refractivity contribution in [3.05, 3.63) is 18.2 Å². The average Bonchev–Trinajstić information content (AvgIpc) is 2.82. The number of aromatic nitrogens is 2. The Bertz CT molecular complexity index is 404. The molecule has 0 spiro atoms. The third-order valence-corrected chi connectivity index (χ3v) is 4.34. The van der Waals surface area contributed by atoms with E-state index >= 15 is 0 Å². The van der Waals surface area contributed by atoms with Crippen molar-refractivity contribution in [1.29, 1.82) is 0 Å². The van der Waals surface area contributed by atoms with Gasteiger partial charge >= 0.3 is 0 Å². The number of hydrogen-bond donors (Lipinski definition) is 2. The Morgan fingerprint density at radius 3 is 2.95 bits per heavy atom. The Morgan fingerprint density at radius 1 is 1.45 bits per heavy atom. The van der Waals surface area contributed by atoms with Gasteiger partial charge in [-0.25, -0.2) is 4.98 Å². The molecule has 0 amide bonds. The predicted octanol–water partition coefficient (Wildman–Crippen LogP) is -0.0867. The van der Waals surface area contributed by atoms with Crippen LogP contribution in [0.15, 0.2) is 12.4 Å². The second-order valence-electron chi connectivity index (χ2n) is 5.77. The number of imidazole rings is 1. The molecule has 1 aliphatic heterocycles. The van der Waals surface area contributed by atoms with E-state index in [0.29, 0.717) is 6.04 Å². The van der Waals surface area contributed by atoms with Crippen LogP contribution in [-0.2, 0) is 13.0 Å². The van der Waals surface area contributed by atoms with Crippen LogP contribution in [-0.4, -0.2) is 65.2 Å². The van der Waals surface area contributed by atoms with Crippen molar-refractivity contribution in [2.75, 3.05) is 33.7 Å². The summed E-state index contributed by atoms with van der Waals surface area (Å²) in [6.07, 6.45) is 5.98. The molecule has 2 unspecified atom stereocenters. The van der Waals surface area contributed by atoms with Crippen LogP contribution in [0, 0.1) is 0 Å². The molecule has 2 heterocycles. The molecule has 6 nitrogen and oxygen atoms in total. The van der Waals surface area contributed by atoms with E-state index in [1.165, 1.54) is 6.42 Å². The van der Waals surface area contributed by atoms with Crippen LogP contribution in [0.25, 0.3) is 0 Å². The summed E-state index contributed by atoms with van der Waals surface area (Å²) in [4.78, 5) is 9.29. The van der Waals surface area contributed by atoms with E-state index in [9.17, 15) is 0 Å². The number of hydrazine groups is 1. The Balaban J connectivity index is 2.09. The Hall–Kier alpha value is -0.950. The standard InChI is InChI=1S/C14H28N6/c1-4-20-9-6-16-14(20)10-12(17-15)13-11-18(2)7-5-8-19(13)3/h6,9,12-13,17H,4-5,7-8,10-11,15H2,1-3H3. The van der Waals surface area contributed by atoms with Gasteiger partial charge < -0.3 is 14.4 Å². The van der Waals surface area contributed by atoms with E-state index in [-0.39, 0.29) is 6.04 Å². The lowest BCUT2D eigenvalue weighted by molar-refractivity contribution is 0.175. The lowest BCUT2D eigenvalue weighted by Crippen LogP contribution is -2.55. The molecule has 20 heavy (non-hydrogen) atoms. The van der Waals surface area contributed by atoms with Crippen LogP contribution in [0.5, 0.6) is 0 Å². The monoisotopic (exact) mass is 280 g/mol. The van der Waals surface area contributed by atoms with Crippen molar-refractivity contribution in [1.82, 2.24) is 24.8 Å². The quantitative estimate of drug-likeness (QED) is 0.583. The first-order valence-electron chi connectivity index (χ1n) is 7.50. The second kappa shape index (κ2) is 7.17. The molecule has 0 bridgehead atoms. The van der Waals surface area contributed by atoms with Gasteiger partial charge in [0, 0.05) is 44.0 Å². The summed E-state index contributed by atoms with van der Waals surface area (Å²) in [7, 11) is 4.38. The fraction of sp³-hybridized carbons (Fsp3) is 0.786. The fourth-order valence-electron chi connectivity index (χ4n) is 3.06. The molecule has 1 aromatic rings. The van der Waals surface area contributed by atoms with Crippen LogP contribution in [0.1, 0.15) is 19.2 Å². The molecule has 0 aliphatic carbocycles. The summed E-state index contributed by atoms with van der Waals surface area (Å²) in [5, 5.41) is 0. The molecule has 0 radical (unpaired) electrons. The molecule has 2 atom stereocenters. The summed E-state index contributed by atoms with van der Waals surface area (Å²) in [6.45, 7) is 6.41. The summed E-state index contributed by atoms with van der Waals surface area (Å²) >= 11 is 0. The van der Waals surface area contributed by atoms with Crippen LogP contribution >= 0.6 is 0 Å². The maximum atomic E-state index is 5.84. The zero-order valence-electron chi connectivity index (χ0n) is 12.9. The minimum atomic E-state index is 0.216. The maximum Gasteiger partial charge on any atom is 0.110 e. The van der Waals surface area contributed by atoms with Gasteiger partial charge in [0.1, 0.15) is 5.82 Å². The lowest BCUT2D eigenvalue weighted by atomic mass is 10.0. The van der Waals surface area contributed by atoms with Gasteiger partial charge in [-0.3, -0.25) is 11.3 Å². The summed E-state index contributed by atoms with van der Waals surface area (Å²) in [5.41, 5.74) is 3.02. The van der Waals surface area contributed by atoms with Gasteiger partial charge in [-0.1, -0.05) is 0 Å². The van der Waals surface area contributed by atoms with Gasteiger partial charge in [0.2, 0.25) is 0 Å². The first-order valence-corrected chi connectivity index (χ1v) is 7.50. The zero-order chi connectivity index (χ0) is 14.5. The van der Waals surface area contributed by atoms with Crippen molar-refractivity contribution in [3.63, 3.8) is 0 Å². The van der Waals surface area contributed by atoms with E-state index in [4.69, 9.17) is 5.84 Å². The molecule has 1 aromatic heterocycles. The Kier molecular flexibility index (Phi) is 5.54. The Labute approximate surface area is 121 Å². The molecule has 0 saturated carbocycles. The molecule has 1 aliphatic rings. The van der Waals surface area contributed by atoms with E-state index in [1.54, 1.807) is 0 Å². The third kappa shape index (κ3) is 3.58. The third-order valence-electron chi connectivity index (χ3n) is 4.34. The number of nitrogens with one attached hydrogen (secondary N) is 1. The number of nitrogens with two attached hydrogens (primary N) is 1. The molecule has 2 rings (SSSR count). The normalized spacial score (nSPS) is 23.7. The van der Waals surface area contributed by atoms with Gasteiger partial charge in [-0.05, 0) is 40.5 Å². The van der Waals surface area contributed by atoms with Crippen LogP contribution in [0.3, 0.4) is 0 Å². The van der Waals surface area contributed by atoms with Gasteiger partial charge in [-0.15, -0.1) is 0 Å². The van der Waals surface area contributed by atoms with Crippen molar-refractivity contribution in [2.24, 2.45) is 5.84 Å². The highest BCUT2D eigenvalue weighted by Gasteiger charge is 2.28. The van der Waals surface area contributed by atoms with E-state index in [0.717, 1.165) is 38.4 Å². The van der Waals surface area contributed by atoms with Crippen molar-refractivity contribution >= 4 is 0 Å². The number of aryl methyl sites for hydroxylation is 1. The minimum absolute atomic E-state index is 0.216. The topological polar surface area (TPSA) is 62.4 Å². The maximum absolute atomic E-state index is 5.84. The number of hydrogen-bond acceptors (Lipinski definition) is 5. The molecule has 1 saturated heterocycles. The van der Waals surface area contributed by atoms with Crippen molar-refractivity contribution in [2.45, 2.75) is 38.4 Å². The largest absolute Gasteiger partial charge is 0.335 e. The highest BCUT2D eigenvalue weighted by Crippen LogP contribution is 2.13. The van der Waals surface area contributed by atoms with Crippen molar-refractivity contribution < 1.29 is 0 Å². The Morgan fingerprint density at radius 2 is 2.25 bits per heavy atom. The van der Waals surface area contributed by atoms with Crippen LogP contribution < -0.4 is 11.3 Å². The van der Waals surface area contributed by atoms with Crippen LogP contribution in [0.2, 0.25) is 0 Å². The summed E-state index contributed by atoms with van der Waals surface area (Å²) in [5.74, 6) is 6.95. The number of nitrogens with zero attached hydrogens (tertiary/aromatic N) is 4. The summed E-state index contributed by atoms with van der Waals surface area (Å²) < 4.78 is 2.19. The minimum Gasteiger partial charge on any atom is -0.335 e. The van der Waals surface area contributed by atoms with E-state index in [1.807, 2.05) is 12.4 Å². The predicted molar refractivity (Wildman–Crippen MR) is 81.2 cm³/mol. The van der Waals surface area contributed by atoms with Gasteiger partial charge in [0.25, 0.3) is 0 Å². The van der Waals surface area contributed by atoms with E-state index in [2.05, 4.69) is 45.8 Å². The summed E-state index contributed by atoms with van der Waals surface area (Å²) in [6, 6.07) is 0.628. The first-order chi connectivity index (χ1) is 9.65. The molecule has 1 fully saturated rings. The molecular formula is C14H28N6. The molecule has 114 valence electrons. The number of likely N-dealkylation sites (N-methyl/N-ethyl adjacent to an activating group) is 2. The van der Waals surface area contributed by atoms with E-state index < -0.39 is 0 Å². The van der Waals surface area contributed by atoms with Crippen LogP contribution in [0.4, 0.5) is 0 Å². The second-order valence-corrected chi connectivity index (χ2v) is 5.77. The highest BCUT2D eigenvalue weighted by atomic mass is 15.3. The fourth-order valence-corrected chi connectivity index (χ4v) is 3.06. The smallest absolute Gasteiger partial charge is 0.110 e. The molecule has 3 N–H and O–H groups in total. The lowest BCUT2D eigenvalue weighted by Gasteiger charge is -2.34.